The highest BCUT2D eigenvalue weighted by atomic mass is 35.5. The highest BCUT2D eigenvalue weighted by Crippen LogP contribution is 2.09. The van der Waals surface area contributed by atoms with Crippen LogP contribution in [0.1, 0.15) is 32.6 Å². The molecule has 0 aromatic heterocycles. The van der Waals surface area contributed by atoms with E-state index in [1.54, 1.807) is 0 Å². The van der Waals surface area contributed by atoms with Gasteiger partial charge in [0.25, 0.3) is 0 Å². The van der Waals surface area contributed by atoms with Crippen molar-refractivity contribution in [3.8, 4) is 0 Å². The van der Waals surface area contributed by atoms with Crippen molar-refractivity contribution in [1.82, 2.24) is 5.32 Å². The fourth-order valence-electron chi connectivity index (χ4n) is 1.64. The predicted molar refractivity (Wildman–Crippen MR) is 63.1 cm³/mol. The lowest BCUT2D eigenvalue weighted by atomic mass is 10.0. The highest BCUT2D eigenvalue weighted by Gasteiger charge is 2.11. The normalized spacial score (nSPS) is 21.4. The molecule has 0 amide bonds. The largest absolute Gasteiger partial charge is 0.377 e. The molecule has 0 saturated carbocycles. The Hall–Kier alpha value is -0.0500. The maximum atomic E-state index is 5.46. The van der Waals surface area contributed by atoms with E-state index in [4.69, 9.17) is 4.74 Å². The molecule has 0 aliphatic carbocycles. The van der Waals surface area contributed by atoms with E-state index in [1.807, 2.05) is 6.92 Å². The van der Waals surface area contributed by atoms with E-state index in [-0.39, 0.29) is 12.4 Å². The molecule has 0 radical (unpaired) electrons. The van der Waals surface area contributed by atoms with Crippen LogP contribution in [0.15, 0.2) is 12.2 Å². The number of halogens is 1. The van der Waals surface area contributed by atoms with Gasteiger partial charge >= 0.3 is 0 Å². The van der Waals surface area contributed by atoms with E-state index in [2.05, 4.69) is 11.9 Å². The second-order valence-corrected chi connectivity index (χ2v) is 3.95. The van der Waals surface area contributed by atoms with Gasteiger partial charge in [-0.3, -0.25) is 0 Å². The summed E-state index contributed by atoms with van der Waals surface area (Å²) in [5.74, 6) is 0. The Morgan fingerprint density at radius 1 is 1.50 bits per heavy atom. The Kier molecular flexibility index (Phi) is 8.24. The van der Waals surface area contributed by atoms with Gasteiger partial charge < -0.3 is 10.1 Å². The molecule has 2 nitrogen and oxygen atoms in total. The lowest BCUT2D eigenvalue weighted by Gasteiger charge is -2.23. The third-order valence-electron chi connectivity index (χ3n) is 2.37. The first kappa shape index (κ1) is 13.9. The van der Waals surface area contributed by atoms with Crippen molar-refractivity contribution in [2.75, 3.05) is 19.8 Å². The molecule has 1 unspecified atom stereocenters. The Morgan fingerprint density at radius 2 is 2.29 bits per heavy atom. The lowest BCUT2D eigenvalue weighted by molar-refractivity contribution is 0.140. The molecule has 0 aromatic rings. The van der Waals surface area contributed by atoms with Crippen LogP contribution in [0.4, 0.5) is 0 Å². The van der Waals surface area contributed by atoms with Crippen LogP contribution in [-0.2, 0) is 4.74 Å². The van der Waals surface area contributed by atoms with Gasteiger partial charge in [0.15, 0.2) is 0 Å². The molecule has 1 fully saturated rings. The Morgan fingerprint density at radius 3 is 2.86 bits per heavy atom. The van der Waals surface area contributed by atoms with Crippen molar-refractivity contribution in [1.29, 1.82) is 0 Å². The van der Waals surface area contributed by atoms with Crippen LogP contribution in [-0.4, -0.2) is 25.8 Å². The van der Waals surface area contributed by atoms with Gasteiger partial charge in [-0.2, -0.15) is 0 Å². The Labute approximate surface area is 93.5 Å². The Bertz CT molecular complexity index is 155. The Balaban J connectivity index is 0.00000169. The third-order valence-corrected chi connectivity index (χ3v) is 2.37. The van der Waals surface area contributed by atoms with Gasteiger partial charge in [0.2, 0.25) is 0 Å². The van der Waals surface area contributed by atoms with Crippen molar-refractivity contribution >= 4 is 12.4 Å². The minimum atomic E-state index is 0. The number of nitrogens with one attached hydrogen (secondary N) is 1. The first-order valence-electron chi connectivity index (χ1n) is 5.24. The molecule has 1 aliphatic rings. The standard InChI is InChI=1S/C11H21NO.ClH/c1-10(2)9-13-8-6-11-5-3-4-7-12-11;/h11-12H,1,3-9H2,2H3;1H. The summed E-state index contributed by atoms with van der Waals surface area (Å²) in [5, 5.41) is 3.50. The van der Waals surface area contributed by atoms with Gasteiger partial charge in [-0.25, -0.2) is 0 Å². The maximum absolute atomic E-state index is 5.46. The topological polar surface area (TPSA) is 21.3 Å². The monoisotopic (exact) mass is 219 g/mol. The first-order chi connectivity index (χ1) is 6.29. The summed E-state index contributed by atoms with van der Waals surface area (Å²) in [6.45, 7) is 8.56. The van der Waals surface area contributed by atoms with Gasteiger partial charge in [-0.15, -0.1) is 12.4 Å². The van der Waals surface area contributed by atoms with Crippen molar-refractivity contribution < 1.29 is 4.74 Å². The molecule has 1 N–H and O–H groups in total. The number of hydrogen-bond acceptors (Lipinski definition) is 2. The fraction of sp³-hybridized carbons (Fsp3) is 0.818. The summed E-state index contributed by atoms with van der Waals surface area (Å²) < 4.78 is 5.46. The summed E-state index contributed by atoms with van der Waals surface area (Å²) in [6, 6.07) is 0.693. The van der Waals surface area contributed by atoms with Crippen LogP contribution in [0.5, 0.6) is 0 Å². The average Bonchev–Trinajstić information content (AvgIpc) is 2.14. The van der Waals surface area contributed by atoms with Crippen molar-refractivity contribution in [3.63, 3.8) is 0 Å². The van der Waals surface area contributed by atoms with E-state index < -0.39 is 0 Å². The summed E-state index contributed by atoms with van der Waals surface area (Å²) in [4.78, 5) is 0. The molecule has 1 heterocycles. The quantitative estimate of drug-likeness (QED) is 0.567. The van der Waals surface area contributed by atoms with E-state index in [9.17, 15) is 0 Å². The predicted octanol–water partition coefficient (Wildman–Crippen LogP) is 2.53. The maximum Gasteiger partial charge on any atom is 0.0671 e. The molecule has 1 aliphatic heterocycles. The van der Waals surface area contributed by atoms with E-state index in [0.29, 0.717) is 12.6 Å². The minimum Gasteiger partial charge on any atom is -0.377 e. The van der Waals surface area contributed by atoms with E-state index >= 15 is 0 Å². The van der Waals surface area contributed by atoms with Crippen LogP contribution < -0.4 is 5.32 Å². The average molecular weight is 220 g/mol. The number of ether oxygens (including phenoxy) is 1. The summed E-state index contributed by atoms with van der Waals surface area (Å²) in [6.07, 6.45) is 5.17. The molecule has 84 valence electrons. The van der Waals surface area contributed by atoms with Gasteiger partial charge in [0.1, 0.15) is 0 Å². The molecular formula is C11H22ClNO. The molecular weight excluding hydrogens is 198 g/mol. The van der Waals surface area contributed by atoms with Crippen LogP contribution >= 0.6 is 12.4 Å². The molecule has 1 atom stereocenters. The minimum absolute atomic E-state index is 0. The zero-order valence-electron chi connectivity index (χ0n) is 9.05. The second kappa shape index (κ2) is 8.27. The van der Waals surface area contributed by atoms with Gasteiger partial charge in [0, 0.05) is 12.6 Å². The van der Waals surface area contributed by atoms with Crippen molar-refractivity contribution in [2.24, 2.45) is 0 Å². The molecule has 14 heavy (non-hydrogen) atoms. The number of rotatable bonds is 5. The van der Waals surface area contributed by atoms with Crippen LogP contribution in [0.3, 0.4) is 0 Å². The number of hydrogen-bond donors (Lipinski definition) is 1. The molecule has 0 bridgehead atoms. The smallest absolute Gasteiger partial charge is 0.0671 e. The molecule has 1 rings (SSSR count). The van der Waals surface area contributed by atoms with Gasteiger partial charge in [-0.1, -0.05) is 18.6 Å². The van der Waals surface area contributed by atoms with Crippen LogP contribution in [0.25, 0.3) is 0 Å². The molecule has 1 saturated heterocycles. The number of piperidine rings is 1. The third kappa shape index (κ3) is 6.41. The fourth-order valence-corrected chi connectivity index (χ4v) is 1.64. The molecule has 3 heteroatoms. The molecule has 0 spiro atoms. The highest BCUT2D eigenvalue weighted by molar-refractivity contribution is 5.85. The first-order valence-corrected chi connectivity index (χ1v) is 5.24. The zero-order valence-corrected chi connectivity index (χ0v) is 9.87. The van der Waals surface area contributed by atoms with Crippen LogP contribution in [0, 0.1) is 0 Å². The SMILES string of the molecule is C=C(C)COCCC1CCCCN1.Cl. The summed E-state index contributed by atoms with van der Waals surface area (Å²) in [5.41, 5.74) is 1.11. The second-order valence-electron chi connectivity index (χ2n) is 3.95. The van der Waals surface area contributed by atoms with Gasteiger partial charge in [0.05, 0.1) is 6.61 Å². The zero-order chi connectivity index (χ0) is 9.52. The van der Waals surface area contributed by atoms with Gasteiger partial charge in [-0.05, 0) is 32.7 Å². The van der Waals surface area contributed by atoms with Crippen molar-refractivity contribution in [2.45, 2.75) is 38.6 Å². The lowest BCUT2D eigenvalue weighted by Crippen LogP contribution is -2.34. The van der Waals surface area contributed by atoms with Crippen molar-refractivity contribution in [3.05, 3.63) is 12.2 Å². The molecule has 0 aromatic carbocycles. The van der Waals surface area contributed by atoms with E-state index in [0.717, 1.165) is 18.6 Å². The summed E-state index contributed by atoms with van der Waals surface area (Å²) >= 11 is 0. The van der Waals surface area contributed by atoms with E-state index in [1.165, 1.54) is 25.8 Å². The van der Waals surface area contributed by atoms with Crippen LogP contribution in [0.2, 0.25) is 0 Å². The summed E-state index contributed by atoms with van der Waals surface area (Å²) in [7, 11) is 0.